The van der Waals surface area contributed by atoms with Crippen LogP contribution < -0.4 is 10.6 Å². The number of benzene rings is 2. The number of carbonyl (C=O) groups excluding carboxylic acids is 2. The number of nitrogens with one attached hydrogen (secondary N) is 3. The minimum Gasteiger partial charge on any atom is -0.361 e. The van der Waals surface area contributed by atoms with E-state index in [1.165, 1.54) is 11.6 Å². The molecule has 12 heteroatoms. The molecule has 0 radical (unpaired) electrons. The molecule has 0 spiro atoms. The van der Waals surface area contributed by atoms with Crippen molar-refractivity contribution in [1.82, 2.24) is 34.9 Å². The molecule has 2 aliphatic heterocycles. The zero-order valence-electron chi connectivity index (χ0n) is 25.7. The molecule has 0 unspecified atom stereocenters. The Morgan fingerprint density at radius 3 is 2.60 bits per heavy atom. The number of carbonyl (C=O) groups is 2. The Morgan fingerprint density at radius 1 is 1.13 bits per heavy atom. The molecule has 4 heterocycles. The smallest absolute Gasteiger partial charge is 0.271 e. The summed E-state index contributed by atoms with van der Waals surface area (Å²) >= 11 is 13.3. The molecule has 2 aromatic carbocycles. The van der Waals surface area contributed by atoms with E-state index in [0.29, 0.717) is 42.0 Å². The second-order valence-corrected chi connectivity index (χ2v) is 13.6. The fraction of sp³-hybridized carbons (Fsp3) is 0.394. The number of rotatable bonds is 9. The number of aromatic nitrogens is 4. The van der Waals surface area contributed by atoms with E-state index in [2.05, 4.69) is 71.3 Å². The van der Waals surface area contributed by atoms with Crippen LogP contribution in [0.3, 0.4) is 0 Å². The number of imidazole rings is 1. The summed E-state index contributed by atoms with van der Waals surface area (Å²) in [6.07, 6.45) is 2.13. The van der Waals surface area contributed by atoms with Gasteiger partial charge in [-0.25, -0.2) is 4.98 Å². The minimum atomic E-state index is -0.300. The number of amides is 2. The molecular weight excluding hydrogens is 611 g/mol. The van der Waals surface area contributed by atoms with Crippen molar-refractivity contribution in [2.75, 3.05) is 31.5 Å². The number of hydrogen-bond acceptors (Lipinski definition) is 6. The summed E-state index contributed by atoms with van der Waals surface area (Å²) in [4.78, 5) is 34.3. The number of H-pyrrole nitrogens is 1. The van der Waals surface area contributed by atoms with Crippen molar-refractivity contribution >= 4 is 51.7 Å². The number of fused-ring (bicyclic) bond motifs is 1. The molecule has 1 atom stereocenters. The molecule has 2 aromatic heterocycles. The second kappa shape index (κ2) is 12.5. The van der Waals surface area contributed by atoms with Crippen molar-refractivity contribution in [2.24, 2.45) is 0 Å². The molecule has 0 saturated carbocycles. The van der Waals surface area contributed by atoms with E-state index < -0.39 is 0 Å². The average Bonchev–Trinajstić information content (AvgIpc) is 3.69. The quantitative estimate of drug-likeness (QED) is 0.205. The minimum absolute atomic E-state index is 0.00581. The van der Waals surface area contributed by atoms with Gasteiger partial charge in [-0.3, -0.25) is 19.6 Å². The zero-order chi connectivity index (χ0) is 31.9. The van der Waals surface area contributed by atoms with Gasteiger partial charge in [-0.1, -0.05) is 80.9 Å². The number of aromatic amines is 1. The van der Waals surface area contributed by atoms with Crippen molar-refractivity contribution in [3.8, 4) is 0 Å². The van der Waals surface area contributed by atoms with Crippen molar-refractivity contribution in [1.29, 1.82) is 0 Å². The lowest BCUT2D eigenvalue weighted by Crippen LogP contribution is -2.60. The first kappa shape index (κ1) is 31.1. The van der Waals surface area contributed by atoms with E-state index in [-0.39, 0.29) is 34.5 Å². The van der Waals surface area contributed by atoms with Crippen molar-refractivity contribution in [3.63, 3.8) is 0 Å². The van der Waals surface area contributed by atoms with Crippen molar-refractivity contribution in [3.05, 3.63) is 87.9 Å². The van der Waals surface area contributed by atoms with E-state index in [1.807, 2.05) is 28.8 Å². The molecule has 2 amide bonds. The van der Waals surface area contributed by atoms with Crippen LogP contribution in [0.4, 0.5) is 5.82 Å². The SMILES string of the molecule is C=CC(=O)N1CC(NC(=O)c2c(Cl)nc(CNc3n[nH]c4cc(Cl)c(C(C)(C)C)cc34)n2[C@@H]2CCN(Cc3ccccc3)C2)C1. The molecule has 2 aliphatic rings. The molecule has 4 aromatic rings. The predicted octanol–water partition coefficient (Wildman–Crippen LogP) is 5.55. The maximum absolute atomic E-state index is 13.7. The van der Waals surface area contributed by atoms with Crippen molar-refractivity contribution < 1.29 is 9.59 Å². The van der Waals surface area contributed by atoms with Crippen molar-refractivity contribution in [2.45, 2.75) is 57.8 Å². The van der Waals surface area contributed by atoms with Gasteiger partial charge in [0.05, 0.1) is 18.1 Å². The molecular formula is C33H38Cl2N8O2. The van der Waals surface area contributed by atoms with Crippen LogP contribution in [0.15, 0.2) is 55.1 Å². The van der Waals surface area contributed by atoms with E-state index in [1.54, 1.807) is 4.90 Å². The third-order valence-corrected chi connectivity index (χ3v) is 9.17. The van der Waals surface area contributed by atoms with Gasteiger partial charge in [-0.05, 0) is 41.2 Å². The van der Waals surface area contributed by atoms with Gasteiger partial charge in [0.2, 0.25) is 5.91 Å². The highest BCUT2D eigenvalue weighted by atomic mass is 35.5. The first-order valence-corrected chi connectivity index (χ1v) is 15.9. The summed E-state index contributed by atoms with van der Waals surface area (Å²) in [5.41, 5.74) is 3.29. The summed E-state index contributed by atoms with van der Waals surface area (Å²) in [6.45, 7) is 13.5. The average molecular weight is 650 g/mol. The number of halogens is 2. The van der Waals surface area contributed by atoms with Crippen LogP contribution in [-0.4, -0.2) is 73.6 Å². The van der Waals surface area contributed by atoms with Crippen LogP contribution in [-0.2, 0) is 23.3 Å². The first-order valence-electron chi connectivity index (χ1n) is 15.2. The maximum atomic E-state index is 13.7. The fourth-order valence-electron chi connectivity index (χ4n) is 6.22. The number of likely N-dealkylation sites (tertiary alicyclic amines) is 2. The topological polar surface area (TPSA) is 111 Å². The van der Waals surface area contributed by atoms with Gasteiger partial charge in [-0.15, -0.1) is 0 Å². The summed E-state index contributed by atoms with van der Waals surface area (Å²) in [7, 11) is 0. The molecule has 0 bridgehead atoms. The van der Waals surface area contributed by atoms with Crippen LogP contribution in [0, 0.1) is 0 Å². The van der Waals surface area contributed by atoms with Gasteiger partial charge in [0, 0.05) is 49.2 Å². The third kappa shape index (κ3) is 6.45. The Bertz CT molecular complexity index is 1740. The lowest BCUT2D eigenvalue weighted by atomic mass is 9.86. The maximum Gasteiger partial charge on any atom is 0.271 e. The number of nitrogens with zero attached hydrogens (tertiary/aromatic N) is 5. The van der Waals surface area contributed by atoms with Crippen LogP contribution in [0.25, 0.3) is 10.9 Å². The summed E-state index contributed by atoms with van der Waals surface area (Å²) in [6, 6.07) is 14.2. The van der Waals surface area contributed by atoms with Gasteiger partial charge in [0.15, 0.2) is 11.0 Å². The van der Waals surface area contributed by atoms with Gasteiger partial charge in [0.25, 0.3) is 5.91 Å². The molecule has 45 heavy (non-hydrogen) atoms. The lowest BCUT2D eigenvalue weighted by molar-refractivity contribution is -0.130. The van der Waals surface area contributed by atoms with Crippen LogP contribution in [0.1, 0.15) is 60.7 Å². The predicted molar refractivity (Wildman–Crippen MR) is 178 cm³/mol. The Labute approximate surface area is 272 Å². The molecule has 2 fully saturated rings. The molecule has 2 saturated heterocycles. The van der Waals surface area contributed by atoms with E-state index >= 15 is 0 Å². The standard InChI is InChI=1S/C33H38Cl2N8O2/c1-5-28(44)42-17-21(18-42)37-32(45)29-30(35)38-27(43(29)22-11-12-41(19-22)16-20-9-7-6-8-10-20)15-36-31-23-13-24(33(2,3)4)25(34)14-26(23)39-40-31/h5-10,13-14,21-22H,1,11-12,15-19H2,2-4H3,(H,37,45)(H2,36,39,40)/t22-/m1/s1. The summed E-state index contributed by atoms with van der Waals surface area (Å²) in [5.74, 6) is 0.868. The fourth-order valence-corrected chi connectivity index (χ4v) is 6.94. The molecule has 10 nitrogen and oxygen atoms in total. The van der Waals surface area contributed by atoms with Gasteiger partial charge in [-0.2, -0.15) is 5.10 Å². The van der Waals surface area contributed by atoms with Crippen LogP contribution >= 0.6 is 23.2 Å². The molecule has 236 valence electrons. The Balaban J connectivity index is 1.26. The highest BCUT2D eigenvalue weighted by Gasteiger charge is 2.35. The van der Waals surface area contributed by atoms with Crippen LogP contribution in [0.5, 0.6) is 0 Å². The van der Waals surface area contributed by atoms with Crippen LogP contribution in [0.2, 0.25) is 10.2 Å². The molecule has 6 rings (SSSR count). The first-order chi connectivity index (χ1) is 21.5. The molecule has 3 N–H and O–H groups in total. The van der Waals surface area contributed by atoms with Gasteiger partial charge in [0.1, 0.15) is 11.5 Å². The lowest BCUT2D eigenvalue weighted by Gasteiger charge is -2.39. The Hall–Kier alpha value is -3.86. The summed E-state index contributed by atoms with van der Waals surface area (Å²) < 4.78 is 1.99. The Morgan fingerprint density at radius 2 is 1.89 bits per heavy atom. The zero-order valence-corrected chi connectivity index (χ0v) is 27.3. The molecule has 0 aliphatic carbocycles. The highest BCUT2D eigenvalue weighted by molar-refractivity contribution is 6.32. The van der Waals surface area contributed by atoms with E-state index in [4.69, 9.17) is 28.2 Å². The monoisotopic (exact) mass is 648 g/mol. The normalized spacial score (nSPS) is 17.4. The number of anilines is 1. The second-order valence-electron chi connectivity index (χ2n) is 12.9. The third-order valence-electron chi connectivity index (χ3n) is 8.59. The van der Waals surface area contributed by atoms with Gasteiger partial charge < -0.3 is 20.1 Å². The number of hydrogen-bond donors (Lipinski definition) is 3. The van der Waals surface area contributed by atoms with E-state index in [9.17, 15) is 9.59 Å². The summed E-state index contributed by atoms with van der Waals surface area (Å²) in [5, 5.41) is 15.8. The largest absolute Gasteiger partial charge is 0.361 e. The Kier molecular flexibility index (Phi) is 8.65. The van der Waals surface area contributed by atoms with Gasteiger partial charge >= 0.3 is 0 Å². The highest BCUT2D eigenvalue weighted by Crippen LogP contribution is 2.35. The van der Waals surface area contributed by atoms with E-state index in [0.717, 1.165) is 42.5 Å².